The Labute approximate surface area is 138 Å². The van der Waals surface area contributed by atoms with E-state index in [0.29, 0.717) is 11.3 Å². The predicted octanol–water partition coefficient (Wildman–Crippen LogP) is 1.88. The molecule has 0 saturated carbocycles. The van der Waals surface area contributed by atoms with Crippen LogP contribution in [0.2, 0.25) is 0 Å². The molecule has 0 aliphatic heterocycles. The van der Waals surface area contributed by atoms with Crippen LogP contribution in [0.3, 0.4) is 0 Å². The summed E-state index contributed by atoms with van der Waals surface area (Å²) in [4.78, 5) is 35.8. The highest BCUT2D eigenvalue weighted by Gasteiger charge is 2.19. The fraction of sp³-hybridized carbons (Fsp3) is 0.250. The Kier molecular flexibility index (Phi) is 5.31. The third kappa shape index (κ3) is 4.19. The molecule has 1 heterocycles. The van der Waals surface area contributed by atoms with E-state index >= 15 is 0 Å². The maximum Gasteiger partial charge on any atom is 0.273 e. The number of furan rings is 1. The van der Waals surface area contributed by atoms with Crippen LogP contribution in [0.4, 0.5) is 5.69 Å². The van der Waals surface area contributed by atoms with Gasteiger partial charge in [-0.1, -0.05) is 6.07 Å². The fourth-order valence-electron chi connectivity index (χ4n) is 2.10. The van der Waals surface area contributed by atoms with Gasteiger partial charge in [-0.3, -0.25) is 19.7 Å². The number of hydrogen-bond acceptors (Lipinski definition) is 5. The minimum atomic E-state index is -0.540. The summed E-state index contributed by atoms with van der Waals surface area (Å²) in [6, 6.07) is 7.66. The molecule has 8 nitrogen and oxygen atoms in total. The lowest BCUT2D eigenvalue weighted by molar-refractivity contribution is -0.385. The summed E-state index contributed by atoms with van der Waals surface area (Å²) in [7, 11) is 1.46. The van der Waals surface area contributed by atoms with Crippen molar-refractivity contribution in [1.82, 2.24) is 10.2 Å². The van der Waals surface area contributed by atoms with Crippen LogP contribution in [0, 0.1) is 17.0 Å². The van der Waals surface area contributed by atoms with Crippen LogP contribution >= 0.6 is 0 Å². The topological polar surface area (TPSA) is 106 Å². The largest absolute Gasteiger partial charge is 0.467 e. The van der Waals surface area contributed by atoms with E-state index in [-0.39, 0.29) is 30.2 Å². The number of nitro benzene ring substituents is 1. The average Bonchev–Trinajstić information content (AvgIpc) is 3.05. The first-order chi connectivity index (χ1) is 11.4. The van der Waals surface area contributed by atoms with Gasteiger partial charge in [-0.2, -0.15) is 0 Å². The summed E-state index contributed by atoms with van der Waals surface area (Å²) in [5.41, 5.74) is 0.501. The lowest BCUT2D eigenvalue weighted by Crippen LogP contribution is -2.38. The zero-order valence-corrected chi connectivity index (χ0v) is 13.3. The molecular weight excluding hydrogens is 314 g/mol. The monoisotopic (exact) mass is 331 g/mol. The van der Waals surface area contributed by atoms with Gasteiger partial charge in [0, 0.05) is 24.2 Å². The molecule has 0 atom stereocenters. The number of amides is 2. The lowest BCUT2D eigenvalue weighted by atomic mass is 10.1. The van der Waals surface area contributed by atoms with Gasteiger partial charge >= 0.3 is 0 Å². The van der Waals surface area contributed by atoms with Crippen molar-refractivity contribution >= 4 is 17.5 Å². The van der Waals surface area contributed by atoms with Crippen molar-refractivity contribution in [3.8, 4) is 0 Å². The van der Waals surface area contributed by atoms with Gasteiger partial charge in [-0.25, -0.2) is 0 Å². The number of carbonyl (C=O) groups is 2. The maximum absolute atomic E-state index is 12.3. The van der Waals surface area contributed by atoms with Crippen molar-refractivity contribution in [2.24, 2.45) is 0 Å². The number of rotatable bonds is 6. The van der Waals surface area contributed by atoms with Crippen LogP contribution in [0.25, 0.3) is 0 Å². The van der Waals surface area contributed by atoms with E-state index in [0.717, 1.165) is 0 Å². The Hall–Kier alpha value is -3.16. The Bertz CT molecular complexity index is 755. The van der Waals surface area contributed by atoms with E-state index < -0.39 is 10.8 Å². The van der Waals surface area contributed by atoms with Crippen LogP contribution in [-0.2, 0) is 11.3 Å². The molecule has 1 N–H and O–H groups in total. The van der Waals surface area contributed by atoms with E-state index in [1.165, 1.54) is 36.4 Å². The standard InChI is InChI=1S/C16H17N3O5/c1-11-5-6-12(8-14(11)19(22)23)16(21)18(2)10-15(20)17-9-13-4-3-7-24-13/h3-8H,9-10H2,1-2H3,(H,17,20). The van der Waals surface area contributed by atoms with Gasteiger partial charge in [0.2, 0.25) is 5.91 Å². The van der Waals surface area contributed by atoms with Crippen molar-refractivity contribution in [3.05, 3.63) is 63.6 Å². The number of likely N-dealkylation sites (N-methyl/N-ethyl adjacent to an activating group) is 1. The summed E-state index contributed by atoms with van der Waals surface area (Å²) in [5, 5.41) is 13.6. The van der Waals surface area contributed by atoms with Gasteiger partial charge in [0.25, 0.3) is 11.6 Å². The molecular formula is C16H17N3O5. The van der Waals surface area contributed by atoms with Gasteiger partial charge in [0.1, 0.15) is 5.76 Å². The molecule has 0 fully saturated rings. The number of carbonyl (C=O) groups excluding carboxylic acids is 2. The summed E-state index contributed by atoms with van der Waals surface area (Å²) in [6.45, 7) is 1.66. The molecule has 2 amide bonds. The molecule has 0 spiro atoms. The van der Waals surface area contributed by atoms with Gasteiger partial charge < -0.3 is 14.6 Å². The summed E-state index contributed by atoms with van der Waals surface area (Å²) in [5.74, 6) is -0.221. The van der Waals surface area contributed by atoms with Gasteiger partial charge in [0.15, 0.2) is 0 Å². The van der Waals surface area contributed by atoms with Gasteiger partial charge in [0.05, 0.1) is 24.3 Å². The first-order valence-electron chi connectivity index (χ1n) is 7.18. The second-order valence-corrected chi connectivity index (χ2v) is 5.28. The first kappa shape index (κ1) is 17.2. The number of nitrogens with zero attached hydrogens (tertiary/aromatic N) is 2. The third-order valence-corrected chi connectivity index (χ3v) is 3.42. The van der Waals surface area contributed by atoms with Gasteiger partial charge in [-0.15, -0.1) is 0 Å². The quantitative estimate of drug-likeness (QED) is 0.642. The smallest absolute Gasteiger partial charge is 0.273 e. The zero-order chi connectivity index (χ0) is 17.7. The van der Waals surface area contributed by atoms with Crippen molar-refractivity contribution in [2.75, 3.05) is 13.6 Å². The Morgan fingerprint density at radius 1 is 1.33 bits per heavy atom. The van der Waals surface area contributed by atoms with Crippen molar-refractivity contribution in [2.45, 2.75) is 13.5 Å². The fourth-order valence-corrected chi connectivity index (χ4v) is 2.10. The highest BCUT2D eigenvalue weighted by molar-refractivity contribution is 5.97. The highest BCUT2D eigenvalue weighted by Crippen LogP contribution is 2.20. The van der Waals surface area contributed by atoms with Crippen LogP contribution in [0.15, 0.2) is 41.0 Å². The molecule has 1 aromatic carbocycles. The normalized spacial score (nSPS) is 10.2. The number of benzene rings is 1. The Balaban J connectivity index is 1.97. The van der Waals surface area contributed by atoms with Crippen LogP contribution in [0.5, 0.6) is 0 Å². The second-order valence-electron chi connectivity index (χ2n) is 5.28. The van der Waals surface area contributed by atoms with Crippen LogP contribution in [0.1, 0.15) is 21.7 Å². The van der Waals surface area contributed by atoms with Crippen molar-refractivity contribution < 1.29 is 18.9 Å². The van der Waals surface area contributed by atoms with Crippen LogP contribution < -0.4 is 5.32 Å². The second kappa shape index (κ2) is 7.40. The van der Waals surface area contributed by atoms with E-state index in [2.05, 4.69) is 5.32 Å². The van der Waals surface area contributed by atoms with Crippen molar-refractivity contribution in [1.29, 1.82) is 0 Å². The number of nitro groups is 1. The number of hydrogen-bond donors (Lipinski definition) is 1. The Morgan fingerprint density at radius 3 is 2.71 bits per heavy atom. The molecule has 2 aromatic rings. The lowest BCUT2D eigenvalue weighted by Gasteiger charge is -2.16. The molecule has 126 valence electrons. The number of aryl methyl sites for hydroxylation is 1. The summed E-state index contributed by atoms with van der Waals surface area (Å²) >= 11 is 0. The predicted molar refractivity (Wildman–Crippen MR) is 85.3 cm³/mol. The summed E-state index contributed by atoms with van der Waals surface area (Å²) in [6.07, 6.45) is 1.50. The molecule has 0 aliphatic carbocycles. The molecule has 0 saturated heterocycles. The molecule has 8 heteroatoms. The number of nitrogens with one attached hydrogen (secondary N) is 1. The molecule has 0 bridgehead atoms. The van der Waals surface area contributed by atoms with Crippen LogP contribution in [-0.4, -0.2) is 35.2 Å². The SMILES string of the molecule is Cc1ccc(C(=O)N(C)CC(=O)NCc2ccco2)cc1[N+](=O)[O-]. The zero-order valence-electron chi connectivity index (χ0n) is 13.3. The summed E-state index contributed by atoms with van der Waals surface area (Å²) < 4.78 is 5.09. The highest BCUT2D eigenvalue weighted by atomic mass is 16.6. The van der Waals surface area contributed by atoms with E-state index in [1.807, 2.05) is 0 Å². The van der Waals surface area contributed by atoms with E-state index in [9.17, 15) is 19.7 Å². The molecule has 1 aromatic heterocycles. The molecule has 0 radical (unpaired) electrons. The molecule has 2 rings (SSSR count). The molecule has 24 heavy (non-hydrogen) atoms. The van der Waals surface area contributed by atoms with E-state index in [4.69, 9.17) is 4.42 Å². The average molecular weight is 331 g/mol. The Morgan fingerprint density at radius 2 is 2.08 bits per heavy atom. The molecule has 0 unspecified atom stereocenters. The van der Waals surface area contributed by atoms with E-state index in [1.54, 1.807) is 19.1 Å². The van der Waals surface area contributed by atoms with Gasteiger partial charge in [-0.05, 0) is 25.1 Å². The molecule has 0 aliphatic rings. The minimum absolute atomic E-state index is 0.128. The van der Waals surface area contributed by atoms with Crippen molar-refractivity contribution in [3.63, 3.8) is 0 Å². The third-order valence-electron chi connectivity index (χ3n) is 3.42. The maximum atomic E-state index is 12.3. The minimum Gasteiger partial charge on any atom is -0.467 e. The first-order valence-corrected chi connectivity index (χ1v) is 7.18.